The number of nitrogens with zero attached hydrogens (tertiary/aromatic N) is 1. The summed E-state index contributed by atoms with van der Waals surface area (Å²) >= 11 is 0. The van der Waals surface area contributed by atoms with Crippen molar-refractivity contribution in [2.24, 2.45) is 0 Å². The molecule has 0 aromatic heterocycles. The number of aryl methyl sites for hydroxylation is 1. The SMILES string of the molecule is Cc1ccc([N+](=O)[O-])cc1C(=O)C[C@@H](CC(=O)O)NC(=O)OC(C)(C)C. The summed E-state index contributed by atoms with van der Waals surface area (Å²) in [4.78, 5) is 45.6. The van der Waals surface area contributed by atoms with Gasteiger partial charge in [0.05, 0.1) is 11.3 Å². The van der Waals surface area contributed by atoms with Crippen molar-refractivity contribution in [3.8, 4) is 0 Å². The summed E-state index contributed by atoms with van der Waals surface area (Å²) in [5, 5.41) is 22.2. The van der Waals surface area contributed by atoms with Gasteiger partial charge < -0.3 is 15.2 Å². The van der Waals surface area contributed by atoms with Gasteiger partial charge in [-0.05, 0) is 33.3 Å². The number of hydrogen-bond donors (Lipinski definition) is 2. The monoisotopic (exact) mass is 366 g/mol. The maximum absolute atomic E-state index is 12.5. The summed E-state index contributed by atoms with van der Waals surface area (Å²) in [5.41, 5.74) is -0.389. The molecular formula is C17H22N2O7. The number of carboxylic acid groups (broad SMARTS) is 1. The molecule has 1 aromatic rings. The predicted molar refractivity (Wildman–Crippen MR) is 92.2 cm³/mol. The van der Waals surface area contributed by atoms with Crippen molar-refractivity contribution in [1.29, 1.82) is 0 Å². The van der Waals surface area contributed by atoms with Crippen molar-refractivity contribution < 1.29 is 29.2 Å². The molecule has 1 amide bonds. The quantitative estimate of drug-likeness (QED) is 0.430. The van der Waals surface area contributed by atoms with E-state index in [4.69, 9.17) is 9.84 Å². The number of carboxylic acids is 1. The molecular weight excluding hydrogens is 344 g/mol. The first kappa shape index (κ1) is 21.1. The number of benzene rings is 1. The van der Waals surface area contributed by atoms with Crippen LogP contribution in [0.2, 0.25) is 0 Å². The molecule has 1 rings (SSSR count). The van der Waals surface area contributed by atoms with Crippen molar-refractivity contribution in [2.75, 3.05) is 0 Å². The van der Waals surface area contributed by atoms with Crippen molar-refractivity contribution in [2.45, 2.75) is 52.2 Å². The number of nitro groups is 1. The van der Waals surface area contributed by atoms with Gasteiger partial charge in [0.1, 0.15) is 5.60 Å². The van der Waals surface area contributed by atoms with Crippen LogP contribution in [0, 0.1) is 17.0 Å². The van der Waals surface area contributed by atoms with Gasteiger partial charge in [-0.3, -0.25) is 19.7 Å². The highest BCUT2D eigenvalue weighted by Gasteiger charge is 2.25. The second-order valence-electron chi connectivity index (χ2n) is 6.82. The summed E-state index contributed by atoms with van der Waals surface area (Å²) in [7, 11) is 0. The molecule has 0 aliphatic carbocycles. The lowest BCUT2D eigenvalue weighted by Gasteiger charge is -2.22. The van der Waals surface area contributed by atoms with E-state index in [0.717, 1.165) is 6.07 Å². The fraction of sp³-hybridized carbons (Fsp3) is 0.471. The summed E-state index contributed by atoms with van der Waals surface area (Å²) < 4.78 is 5.07. The molecule has 2 N–H and O–H groups in total. The van der Waals surface area contributed by atoms with E-state index < -0.39 is 40.8 Å². The molecule has 0 saturated heterocycles. The number of rotatable bonds is 7. The number of ketones is 1. The van der Waals surface area contributed by atoms with Crippen molar-refractivity contribution in [3.05, 3.63) is 39.4 Å². The van der Waals surface area contributed by atoms with Crippen LogP contribution < -0.4 is 5.32 Å². The fourth-order valence-electron chi connectivity index (χ4n) is 2.22. The first-order valence-electron chi connectivity index (χ1n) is 7.88. The number of nitro benzene ring substituents is 1. The molecule has 0 spiro atoms. The maximum Gasteiger partial charge on any atom is 0.407 e. The topological polar surface area (TPSA) is 136 Å². The van der Waals surface area contributed by atoms with E-state index in [1.165, 1.54) is 12.1 Å². The Bertz CT molecular complexity index is 722. The normalized spacial score (nSPS) is 12.2. The third kappa shape index (κ3) is 6.88. The first-order chi connectivity index (χ1) is 11.9. The van der Waals surface area contributed by atoms with Gasteiger partial charge in [0.15, 0.2) is 5.78 Å². The number of ether oxygens (including phenoxy) is 1. The highest BCUT2D eigenvalue weighted by atomic mass is 16.6. The molecule has 1 atom stereocenters. The highest BCUT2D eigenvalue weighted by molar-refractivity contribution is 5.98. The van der Waals surface area contributed by atoms with E-state index >= 15 is 0 Å². The second-order valence-corrected chi connectivity index (χ2v) is 6.82. The molecule has 0 aliphatic rings. The number of amides is 1. The standard InChI is InChI=1S/C17H22N2O7/c1-10-5-6-12(19(24)25)9-13(10)14(20)7-11(8-15(21)22)18-16(23)26-17(2,3)4/h5-6,9,11H,7-8H2,1-4H3,(H,18,23)(H,21,22)/t11-/m0/s1. The van der Waals surface area contributed by atoms with Crippen molar-refractivity contribution in [3.63, 3.8) is 0 Å². The van der Waals surface area contributed by atoms with E-state index in [0.29, 0.717) is 5.56 Å². The average molecular weight is 366 g/mol. The number of non-ortho nitro benzene ring substituents is 1. The molecule has 0 radical (unpaired) electrons. The molecule has 26 heavy (non-hydrogen) atoms. The van der Waals surface area contributed by atoms with Crippen LogP contribution in [0.5, 0.6) is 0 Å². The number of Topliss-reactive ketones (excluding diaryl/α,β-unsaturated/α-hetero) is 1. The van der Waals surface area contributed by atoms with Crippen LogP contribution in [-0.2, 0) is 9.53 Å². The predicted octanol–water partition coefficient (Wildman–Crippen LogP) is 2.84. The lowest BCUT2D eigenvalue weighted by atomic mass is 9.97. The van der Waals surface area contributed by atoms with Crippen molar-refractivity contribution >= 4 is 23.5 Å². The Morgan fingerprint density at radius 3 is 2.38 bits per heavy atom. The minimum Gasteiger partial charge on any atom is -0.481 e. The number of hydrogen-bond acceptors (Lipinski definition) is 6. The van der Waals surface area contributed by atoms with Crippen LogP contribution in [-0.4, -0.2) is 39.5 Å². The van der Waals surface area contributed by atoms with Gasteiger partial charge in [0.25, 0.3) is 5.69 Å². The van der Waals surface area contributed by atoms with E-state index in [9.17, 15) is 24.5 Å². The fourth-order valence-corrected chi connectivity index (χ4v) is 2.22. The van der Waals surface area contributed by atoms with E-state index in [1.807, 2.05) is 0 Å². The van der Waals surface area contributed by atoms with Crippen LogP contribution >= 0.6 is 0 Å². The number of aliphatic carboxylic acids is 1. The van der Waals surface area contributed by atoms with Gasteiger partial charge in [-0.2, -0.15) is 0 Å². The average Bonchev–Trinajstić information content (AvgIpc) is 2.44. The summed E-state index contributed by atoms with van der Waals surface area (Å²) in [6.45, 7) is 6.56. The van der Waals surface area contributed by atoms with Crippen LogP contribution in [0.15, 0.2) is 18.2 Å². The molecule has 0 bridgehead atoms. The molecule has 0 aliphatic heterocycles. The second kappa shape index (κ2) is 8.41. The molecule has 0 unspecified atom stereocenters. The Kier molecular flexibility index (Phi) is 6.82. The number of nitrogens with one attached hydrogen (secondary N) is 1. The minimum atomic E-state index is -1.20. The Labute approximate surface area is 150 Å². The van der Waals surface area contributed by atoms with Gasteiger partial charge in [-0.1, -0.05) is 6.07 Å². The summed E-state index contributed by atoms with van der Waals surface area (Å²) in [6.07, 6.45) is -1.65. The zero-order valence-electron chi connectivity index (χ0n) is 15.1. The minimum absolute atomic E-state index is 0.112. The van der Waals surface area contributed by atoms with Crippen LogP contribution in [0.3, 0.4) is 0 Å². The number of carbonyl (C=O) groups is 3. The molecule has 1 aromatic carbocycles. The highest BCUT2D eigenvalue weighted by Crippen LogP contribution is 2.20. The largest absolute Gasteiger partial charge is 0.481 e. The van der Waals surface area contributed by atoms with Crippen LogP contribution in [0.4, 0.5) is 10.5 Å². The Balaban J connectivity index is 2.95. The maximum atomic E-state index is 12.5. The summed E-state index contributed by atoms with van der Waals surface area (Å²) in [5.74, 6) is -1.71. The molecule has 0 fully saturated rings. The molecule has 0 saturated carbocycles. The van der Waals surface area contributed by atoms with Gasteiger partial charge in [-0.25, -0.2) is 4.79 Å². The van der Waals surface area contributed by atoms with Crippen LogP contribution in [0.25, 0.3) is 0 Å². The van der Waals surface area contributed by atoms with E-state index in [1.54, 1.807) is 27.7 Å². The third-order valence-corrected chi connectivity index (χ3v) is 3.31. The Morgan fingerprint density at radius 2 is 1.88 bits per heavy atom. The molecule has 9 heteroatoms. The number of alkyl carbamates (subject to hydrolysis) is 1. The Morgan fingerprint density at radius 1 is 1.27 bits per heavy atom. The lowest BCUT2D eigenvalue weighted by molar-refractivity contribution is -0.384. The summed E-state index contributed by atoms with van der Waals surface area (Å²) in [6, 6.07) is 2.86. The third-order valence-electron chi connectivity index (χ3n) is 3.31. The first-order valence-corrected chi connectivity index (χ1v) is 7.88. The molecule has 0 heterocycles. The lowest BCUT2D eigenvalue weighted by Crippen LogP contribution is -2.41. The molecule has 142 valence electrons. The van der Waals surface area contributed by atoms with Gasteiger partial charge in [0.2, 0.25) is 0 Å². The zero-order valence-corrected chi connectivity index (χ0v) is 15.1. The zero-order chi connectivity index (χ0) is 20.1. The smallest absolute Gasteiger partial charge is 0.407 e. The van der Waals surface area contributed by atoms with E-state index in [2.05, 4.69) is 5.32 Å². The van der Waals surface area contributed by atoms with Crippen molar-refractivity contribution in [1.82, 2.24) is 5.32 Å². The molecule has 9 nitrogen and oxygen atoms in total. The van der Waals surface area contributed by atoms with Gasteiger partial charge >= 0.3 is 12.1 Å². The van der Waals surface area contributed by atoms with Gasteiger partial charge in [-0.15, -0.1) is 0 Å². The Hall–Kier alpha value is -2.97. The number of carbonyl (C=O) groups excluding carboxylic acids is 2. The van der Waals surface area contributed by atoms with E-state index in [-0.39, 0.29) is 17.7 Å². The van der Waals surface area contributed by atoms with Gasteiger partial charge in [0, 0.05) is 30.2 Å². The van der Waals surface area contributed by atoms with Crippen LogP contribution in [0.1, 0.15) is 49.5 Å².